The van der Waals surface area contributed by atoms with E-state index < -0.39 is 5.91 Å². The zero-order valence-electron chi connectivity index (χ0n) is 12.1. The van der Waals surface area contributed by atoms with Crippen molar-refractivity contribution < 1.29 is 14.4 Å². The van der Waals surface area contributed by atoms with E-state index in [-0.39, 0.29) is 24.8 Å². The summed E-state index contributed by atoms with van der Waals surface area (Å²) in [6.45, 7) is 3.77. The maximum Gasteiger partial charge on any atom is 0.253 e. The lowest BCUT2D eigenvalue weighted by Crippen LogP contribution is -2.28. The minimum Gasteiger partial charge on any atom is -0.370 e. The van der Waals surface area contributed by atoms with E-state index in [4.69, 9.17) is 5.73 Å². The second-order valence-electron chi connectivity index (χ2n) is 4.73. The number of amides is 3. The second-order valence-corrected chi connectivity index (χ2v) is 4.73. The van der Waals surface area contributed by atoms with Gasteiger partial charge in [-0.05, 0) is 26.0 Å². The summed E-state index contributed by atoms with van der Waals surface area (Å²) in [6, 6.07) is 6.65. The summed E-state index contributed by atoms with van der Waals surface area (Å²) in [5.74, 6) is -1.16. The molecular formula is C15H19N3O3. The van der Waals surface area contributed by atoms with Gasteiger partial charge in [0.25, 0.3) is 5.91 Å². The van der Waals surface area contributed by atoms with Crippen LogP contribution in [0.3, 0.4) is 0 Å². The fourth-order valence-electron chi connectivity index (χ4n) is 1.62. The molecule has 0 aliphatic heterocycles. The molecule has 0 saturated heterocycles. The highest BCUT2D eigenvalue weighted by Crippen LogP contribution is 2.15. The third-order valence-electron chi connectivity index (χ3n) is 2.51. The van der Waals surface area contributed by atoms with E-state index >= 15 is 0 Å². The summed E-state index contributed by atoms with van der Waals surface area (Å²) in [6.07, 6.45) is 1.51. The van der Waals surface area contributed by atoms with Gasteiger partial charge in [0.15, 0.2) is 0 Å². The molecule has 4 N–H and O–H groups in total. The number of para-hydroxylation sites is 1. The van der Waals surface area contributed by atoms with Crippen LogP contribution in [0, 0.1) is 0 Å². The van der Waals surface area contributed by atoms with Gasteiger partial charge in [-0.2, -0.15) is 0 Å². The average Bonchev–Trinajstić information content (AvgIpc) is 2.37. The number of anilines is 1. The van der Waals surface area contributed by atoms with Crippen LogP contribution >= 0.6 is 0 Å². The Kier molecular flexibility index (Phi) is 6.13. The third kappa shape index (κ3) is 5.90. The number of carbonyl (C=O) groups excluding carboxylic acids is 3. The molecule has 1 aromatic rings. The van der Waals surface area contributed by atoms with Gasteiger partial charge in [-0.25, -0.2) is 0 Å². The molecule has 1 aromatic carbocycles. The van der Waals surface area contributed by atoms with Crippen LogP contribution in [0.2, 0.25) is 0 Å². The molecule has 0 heterocycles. The minimum atomic E-state index is -0.486. The lowest BCUT2D eigenvalue weighted by Gasteiger charge is -2.10. The van der Waals surface area contributed by atoms with E-state index in [0.29, 0.717) is 11.3 Å². The fourth-order valence-corrected chi connectivity index (χ4v) is 1.62. The number of rotatable bonds is 6. The van der Waals surface area contributed by atoms with Gasteiger partial charge in [0.2, 0.25) is 11.8 Å². The van der Waals surface area contributed by atoms with E-state index in [0.717, 1.165) is 5.57 Å². The molecule has 0 spiro atoms. The van der Waals surface area contributed by atoms with E-state index in [1.807, 2.05) is 13.8 Å². The molecule has 0 aromatic heterocycles. The van der Waals surface area contributed by atoms with Crippen molar-refractivity contribution in [3.8, 4) is 0 Å². The van der Waals surface area contributed by atoms with Gasteiger partial charge in [0, 0.05) is 19.0 Å². The monoisotopic (exact) mass is 289 g/mol. The van der Waals surface area contributed by atoms with Crippen molar-refractivity contribution in [3.63, 3.8) is 0 Å². The van der Waals surface area contributed by atoms with Crippen molar-refractivity contribution in [1.29, 1.82) is 0 Å². The SMILES string of the molecule is CC(C)=CC(=O)Nc1ccccc1C(=O)NCCC(N)=O. The van der Waals surface area contributed by atoms with Gasteiger partial charge in [-0.15, -0.1) is 0 Å². The minimum absolute atomic E-state index is 0.0675. The van der Waals surface area contributed by atoms with Gasteiger partial charge in [-0.3, -0.25) is 14.4 Å². The first kappa shape index (κ1) is 16.4. The first-order valence-corrected chi connectivity index (χ1v) is 6.51. The molecule has 1 rings (SSSR count). The topological polar surface area (TPSA) is 101 Å². The number of carbonyl (C=O) groups is 3. The molecule has 0 aliphatic carbocycles. The van der Waals surface area contributed by atoms with Gasteiger partial charge >= 0.3 is 0 Å². The van der Waals surface area contributed by atoms with Crippen molar-refractivity contribution in [1.82, 2.24) is 5.32 Å². The standard InChI is InChI=1S/C15H19N3O3/c1-10(2)9-14(20)18-12-6-4-3-5-11(12)15(21)17-8-7-13(16)19/h3-6,9H,7-8H2,1-2H3,(H2,16,19)(H,17,21)(H,18,20). The van der Waals surface area contributed by atoms with E-state index in [9.17, 15) is 14.4 Å². The number of benzene rings is 1. The lowest BCUT2D eigenvalue weighted by molar-refractivity contribution is -0.118. The van der Waals surface area contributed by atoms with Crippen LogP contribution in [0.1, 0.15) is 30.6 Å². The van der Waals surface area contributed by atoms with Crippen LogP contribution in [0.4, 0.5) is 5.69 Å². The normalized spacial score (nSPS) is 9.62. The number of hydrogen-bond acceptors (Lipinski definition) is 3. The van der Waals surface area contributed by atoms with Gasteiger partial charge < -0.3 is 16.4 Å². The van der Waals surface area contributed by atoms with Crippen LogP contribution in [-0.4, -0.2) is 24.3 Å². The Bertz CT molecular complexity index is 575. The number of hydrogen-bond donors (Lipinski definition) is 3. The van der Waals surface area contributed by atoms with E-state index in [1.54, 1.807) is 24.3 Å². The average molecular weight is 289 g/mol. The highest BCUT2D eigenvalue weighted by atomic mass is 16.2. The number of primary amides is 1. The highest BCUT2D eigenvalue weighted by molar-refractivity contribution is 6.06. The lowest BCUT2D eigenvalue weighted by atomic mass is 10.1. The van der Waals surface area contributed by atoms with E-state index in [1.165, 1.54) is 6.08 Å². The Morgan fingerprint density at radius 1 is 1.19 bits per heavy atom. The molecule has 112 valence electrons. The van der Waals surface area contributed by atoms with Crippen molar-refractivity contribution in [2.24, 2.45) is 5.73 Å². The fraction of sp³-hybridized carbons (Fsp3) is 0.267. The molecule has 0 fully saturated rings. The molecular weight excluding hydrogens is 270 g/mol. The Morgan fingerprint density at radius 3 is 2.48 bits per heavy atom. The number of nitrogens with two attached hydrogens (primary N) is 1. The first-order chi connectivity index (χ1) is 9.90. The maximum absolute atomic E-state index is 12.0. The quantitative estimate of drug-likeness (QED) is 0.686. The van der Waals surface area contributed by atoms with Crippen molar-refractivity contribution in [2.75, 3.05) is 11.9 Å². The summed E-state index contributed by atoms with van der Waals surface area (Å²) in [5, 5.41) is 5.23. The predicted molar refractivity (Wildman–Crippen MR) is 80.6 cm³/mol. The molecule has 6 nitrogen and oxygen atoms in total. The van der Waals surface area contributed by atoms with Crippen LogP contribution in [0.25, 0.3) is 0 Å². The highest BCUT2D eigenvalue weighted by Gasteiger charge is 2.12. The Balaban J connectivity index is 2.79. The molecule has 21 heavy (non-hydrogen) atoms. The zero-order valence-corrected chi connectivity index (χ0v) is 12.1. The summed E-state index contributed by atoms with van der Waals surface area (Å²) in [7, 11) is 0. The summed E-state index contributed by atoms with van der Waals surface area (Å²) < 4.78 is 0. The summed E-state index contributed by atoms with van der Waals surface area (Å²) >= 11 is 0. The van der Waals surface area contributed by atoms with Crippen LogP contribution < -0.4 is 16.4 Å². The molecule has 0 saturated carbocycles. The number of nitrogens with one attached hydrogen (secondary N) is 2. The van der Waals surface area contributed by atoms with Gasteiger partial charge in [0.05, 0.1) is 11.3 Å². The molecule has 0 unspecified atom stereocenters. The molecule has 0 radical (unpaired) electrons. The molecule has 0 aliphatic rings. The zero-order chi connectivity index (χ0) is 15.8. The third-order valence-corrected chi connectivity index (χ3v) is 2.51. The summed E-state index contributed by atoms with van der Waals surface area (Å²) in [5.41, 5.74) is 6.61. The molecule has 0 bridgehead atoms. The Hall–Kier alpha value is -2.63. The van der Waals surface area contributed by atoms with Gasteiger partial charge in [0.1, 0.15) is 0 Å². The Morgan fingerprint density at radius 2 is 1.86 bits per heavy atom. The van der Waals surface area contributed by atoms with Crippen molar-refractivity contribution in [3.05, 3.63) is 41.5 Å². The first-order valence-electron chi connectivity index (χ1n) is 6.51. The Labute approximate surface area is 123 Å². The molecule has 3 amide bonds. The molecule has 0 atom stereocenters. The summed E-state index contributed by atoms with van der Waals surface area (Å²) in [4.78, 5) is 34.4. The van der Waals surface area contributed by atoms with Crippen molar-refractivity contribution in [2.45, 2.75) is 20.3 Å². The van der Waals surface area contributed by atoms with Crippen LogP contribution in [0.5, 0.6) is 0 Å². The smallest absolute Gasteiger partial charge is 0.253 e. The number of allylic oxidation sites excluding steroid dienone is 1. The largest absolute Gasteiger partial charge is 0.370 e. The van der Waals surface area contributed by atoms with Gasteiger partial charge in [-0.1, -0.05) is 17.7 Å². The molecule has 6 heteroatoms. The van der Waals surface area contributed by atoms with Crippen molar-refractivity contribution >= 4 is 23.4 Å². The second kappa shape index (κ2) is 7.84. The van der Waals surface area contributed by atoms with E-state index in [2.05, 4.69) is 10.6 Å². The maximum atomic E-state index is 12.0. The predicted octanol–water partition coefficient (Wildman–Crippen LogP) is 1.20. The van der Waals surface area contributed by atoms with Crippen LogP contribution in [0.15, 0.2) is 35.9 Å². The van der Waals surface area contributed by atoms with Crippen LogP contribution in [-0.2, 0) is 9.59 Å².